The zero-order valence-electron chi connectivity index (χ0n) is 12.9. The van der Waals surface area contributed by atoms with E-state index in [-0.39, 0.29) is 5.41 Å². The van der Waals surface area contributed by atoms with Crippen LogP contribution in [-0.4, -0.2) is 23.1 Å². The van der Waals surface area contributed by atoms with Gasteiger partial charge in [-0.3, -0.25) is 4.90 Å². The van der Waals surface area contributed by atoms with E-state index >= 15 is 0 Å². The Morgan fingerprint density at radius 2 is 2.00 bits per heavy atom. The summed E-state index contributed by atoms with van der Waals surface area (Å²) in [6, 6.07) is 2.68. The Labute approximate surface area is 140 Å². The predicted molar refractivity (Wildman–Crippen MR) is 86.1 cm³/mol. The lowest BCUT2D eigenvalue weighted by molar-refractivity contribution is 0.0517. The molecule has 0 radical (unpaired) electrons. The van der Waals surface area contributed by atoms with Gasteiger partial charge in [-0.05, 0) is 60.4 Å². The van der Waals surface area contributed by atoms with Gasteiger partial charge in [-0.15, -0.1) is 0 Å². The number of likely N-dealkylation sites (tertiary alicyclic amines) is 1. The Balaban J connectivity index is 1.42. The van der Waals surface area contributed by atoms with Crippen molar-refractivity contribution in [3.8, 4) is 6.07 Å². The maximum absolute atomic E-state index is 9.69. The molecule has 0 N–H and O–H groups in total. The van der Waals surface area contributed by atoms with Gasteiger partial charge in [-0.25, -0.2) is 0 Å². The van der Waals surface area contributed by atoms with Crippen molar-refractivity contribution in [3.63, 3.8) is 0 Å². The molecule has 4 nitrogen and oxygen atoms in total. The van der Waals surface area contributed by atoms with Crippen LogP contribution in [0, 0.1) is 22.7 Å². The third-order valence-corrected chi connectivity index (χ3v) is 6.58. The van der Waals surface area contributed by atoms with Crippen molar-refractivity contribution in [1.29, 1.82) is 5.26 Å². The SMILES string of the molecule is N#CC1(C2CCC2)CCN(Cc2c(Br)noc2C2CC2)CC1. The molecule has 22 heavy (non-hydrogen) atoms. The summed E-state index contributed by atoms with van der Waals surface area (Å²) in [6.45, 7) is 2.94. The number of hydrogen-bond acceptors (Lipinski definition) is 4. The highest BCUT2D eigenvalue weighted by molar-refractivity contribution is 9.10. The van der Waals surface area contributed by atoms with Crippen LogP contribution in [0.25, 0.3) is 0 Å². The van der Waals surface area contributed by atoms with Gasteiger partial charge in [0.05, 0.1) is 11.5 Å². The van der Waals surface area contributed by atoms with Crippen molar-refractivity contribution in [2.75, 3.05) is 13.1 Å². The first-order valence-corrected chi connectivity index (χ1v) is 9.29. The van der Waals surface area contributed by atoms with E-state index in [0.717, 1.165) is 42.8 Å². The van der Waals surface area contributed by atoms with Crippen LogP contribution < -0.4 is 0 Å². The Morgan fingerprint density at radius 3 is 2.55 bits per heavy atom. The second-order valence-corrected chi connectivity index (χ2v) is 8.01. The van der Waals surface area contributed by atoms with E-state index in [1.165, 1.54) is 37.7 Å². The fourth-order valence-corrected chi connectivity index (χ4v) is 4.41. The minimum atomic E-state index is -0.0417. The number of hydrogen-bond donors (Lipinski definition) is 0. The fraction of sp³-hybridized carbons (Fsp3) is 0.765. The van der Waals surface area contributed by atoms with Crippen LogP contribution in [0.2, 0.25) is 0 Å². The molecular weight excluding hydrogens is 342 g/mol. The average Bonchev–Trinajstić information content (AvgIpc) is 3.25. The van der Waals surface area contributed by atoms with E-state index < -0.39 is 0 Å². The topological polar surface area (TPSA) is 53.1 Å². The van der Waals surface area contributed by atoms with Gasteiger partial charge in [-0.1, -0.05) is 11.6 Å². The summed E-state index contributed by atoms with van der Waals surface area (Å²) in [5, 5.41) is 13.8. The summed E-state index contributed by atoms with van der Waals surface area (Å²) >= 11 is 3.54. The third-order valence-electron chi connectivity index (χ3n) is 5.96. The maximum Gasteiger partial charge on any atom is 0.153 e. The highest BCUT2D eigenvalue weighted by Gasteiger charge is 2.44. The molecule has 0 atom stereocenters. The Hall–Kier alpha value is -0.860. The van der Waals surface area contributed by atoms with Crippen molar-refractivity contribution in [3.05, 3.63) is 15.9 Å². The molecule has 3 fully saturated rings. The van der Waals surface area contributed by atoms with Crippen molar-refractivity contribution in [2.45, 2.75) is 57.4 Å². The average molecular weight is 364 g/mol. The van der Waals surface area contributed by atoms with Gasteiger partial charge in [0.15, 0.2) is 4.60 Å². The van der Waals surface area contributed by atoms with E-state index in [9.17, 15) is 5.26 Å². The van der Waals surface area contributed by atoms with Crippen molar-refractivity contribution in [2.24, 2.45) is 11.3 Å². The second-order valence-electron chi connectivity index (χ2n) is 7.26. The van der Waals surface area contributed by atoms with E-state index in [1.54, 1.807) is 0 Å². The molecule has 3 aliphatic rings. The summed E-state index contributed by atoms with van der Waals surface area (Å²) in [7, 11) is 0. The van der Waals surface area contributed by atoms with Crippen molar-refractivity contribution in [1.82, 2.24) is 10.1 Å². The number of nitriles is 1. The Morgan fingerprint density at radius 1 is 1.27 bits per heavy atom. The second kappa shape index (κ2) is 5.65. The van der Waals surface area contributed by atoms with Crippen LogP contribution in [0.15, 0.2) is 9.13 Å². The highest BCUT2D eigenvalue weighted by Crippen LogP contribution is 2.48. The molecule has 0 bridgehead atoms. The smallest absolute Gasteiger partial charge is 0.153 e. The monoisotopic (exact) mass is 363 g/mol. The number of rotatable bonds is 4. The first-order chi connectivity index (χ1) is 10.7. The lowest BCUT2D eigenvalue weighted by Crippen LogP contribution is -2.44. The highest BCUT2D eigenvalue weighted by atomic mass is 79.9. The Bertz CT molecular complexity index is 590. The van der Waals surface area contributed by atoms with Crippen molar-refractivity contribution >= 4 is 15.9 Å². The molecule has 2 aliphatic carbocycles. The van der Waals surface area contributed by atoms with Gasteiger partial charge >= 0.3 is 0 Å². The first kappa shape index (κ1) is 14.7. The van der Waals surface area contributed by atoms with E-state index in [2.05, 4.69) is 32.1 Å². The largest absolute Gasteiger partial charge is 0.360 e. The Kier molecular flexibility index (Phi) is 3.78. The van der Waals surface area contributed by atoms with Gasteiger partial charge < -0.3 is 4.52 Å². The predicted octanol–water partition coefficient (Wildman–Crippen LogP) is 4.22. The minimum Gasteiger partial charge on any atom is -0.360 e. The van der Waals surface area contributed by atoms with Gasteiger partial charge in [0.2, 0.25) is 0 Å². The number of piperidine rings is 1. The summed E-state index contributed by atoms with van der Waals surface area (Å²) in [5.41, 5.74) is 1.19. The molecule has 5 heteroatoms. The molecule has 0 unspecified atom stereocenters. The molecule has 0 amide bonds. The lowest BCUT2D eigenvalue weighted by Gasteiger charge is -2.45. The molecule has 118 valence electrons. The van der Waals surface area contributed by atoms with Crippen LogP contribution in [-0.2, 0) is 6.54 Å². The van der Waals surface area contributed by atoms with Crippen LogP contribution in [0.1, 0.15) is 62.2 Å². The van der Waals surface area contributed by atoms with Gasteiger partial charge in [0.1, 0.15) is 5.76 Å². The summed E-state index contributed by atoms with van der Waals surface area (Å²) < 4.78 is 6.38. The van der Waals surface area contributed by atoms with E-state index in [0.29, 0.717) is 11.8 Å². The fourth-order valence-electron chi connectivity index (χ4n) is 4.02. The quantitative estimate of drug-likeness (QED) is 0.803. The van der Waals surface area contributed by atoms with Crippen LogP contribution >= 0.6 is 15.9 Å². The molecule has 1 aromatic rings. The van der Waals surface area contributed by atoms with Crippen LogP contribution in [0.5, 0.6) is 0 Å². The number of aromatic nitrogens is 1. The molecule has 1 aromatic heterocycles. The molecular formula is C17H22BrN3O. The summed E-state index contributed by atoms with van der Waals surface area (Å²) in [6.07, 6.45) is 8.34. The van der Waals surface area contributed by atoms with Crippen LogP contribution in [0.3, 0.4) is 0 Å². The molecule has 4 rings (SSSR count). The first-order valence-electron chi connectivity index (χ1n) is 8.49. The summed E-state index contributed by atoms with van der Waals surface area (Å²) in [5.74, 6) is 2.33. The van der Waals surface area contributed by atoms with Gasteiger partial charge in [0, 0.05) is 31.1 Å². The normalized spacial score (nSPS) is 25.6. The van der Waals surface area contributed by atoms with Gasteiger partial charge in [0.25, 0.3) is 0 Å². The molecule has 2 heterocycles. The van der Waals surface area contributed by atoms with Crippen LogP contribution in [0.4, 0.5) is 0 Å². The molecule has 2 saturated carbocycles. The molecule has 0 aromatic carbocycles. The molecule has 1 saturated heterocycles. The molecule has 0 spiro atoms. The molecule has 1 aliphatic heterocycles. The minimum absolute atomic E-state index is 0.0417. The maximum atomic E-state index is 9.69. The van der Waals surface area contributed by atoms with E-state index in [1.807, 2.05) is 0 Å². The lowest BCUT2D eigenvalue weighted by atomic mass is 9.61. The number of nitrogens with zero attached hydrogens (tertiary/aromatic N) is 3. The van der Waals surface area contributed by atoms with Crippen molar-refractivity contribution < 1.29 is 4.52 Å². The number of halogens is 1. The summed E-state index contributed by atoms with van der Waals surface area (Å²) in [4.78, 5) is 2.47. The standard InChI is InChI=1S/C17H22BrN3O/c18-16-14(15(22-20-16)12-4-5-12)10-21-8-6-17(11-19,7-9-21)13-2-1-3-13/h12-13H,1-10H2. The van der Waals surface area contributed by atoms with Gasteiger partial charge in [-0.2, -0.15) is 5.26 Å². The zero-order valence-corrected chi connectivity index (χ0v) is 14.4. The third kappa shape index (κ3) is 2.51. The zero-order chi connectivity index (χ0) is 15.2. The van der Waals surface area contributed by atoms with E-state index in [4.69, 9.17) is 4.52 Å².